The Kier molecular flexibility index (Phi) is 8.67. The number of carbonyl (C=O) groups is 2. The van der Waals surface area contributed by atoms with Gasteiger partial charge in [-0.05, 0) is 67.6 Å². The Bertz CT molecular complexity index is 1430. The molecule has 0 spiro atoms. The molecule has 39 heavy (non-hydrogen) atoms. The van der Waals surface area contributed by atoms with Crippen LogP contribution in [0.4, 0.5) is 13.2 Å². The summed E-state index contributed by atoms with van der Waals surface area (Å²) in [5, 5.41) is 0. The molecular weight excluding hydrogens is 508 g/mol. The number of nitrogens with zero attached hydrogens (tertiary/aromatic N) is 3. The molecule has 0 unspecified atom stereocenters. The van der Waals surface area contributed by atoms with Gasteiger partial charge in [-0.3, -0.25) is 4.79 Å². The highest BCUT2D eigenvalue weighted by Gasteiger charge is 2.35. The van der Waals surface area contributed by atoms with Crippen molar-refractivity contribution in [3.63, 3.8) is 0 Å². The molecule has 1 aliphatic rings. The predicted molar refractivity (Wildman–Crippen MR) is 140 cm³/mol. The van der Waals surface area contributed by atoms with Gasteiger partial charge in [-0.25, -0.2) is 9.97 Å². The lowest BCUT2D eigenvalue weighted by atomic mass is 9.83. The van der Waals surface area contributed by atoms with Crippen molar-refractivity contribution in [2.24, 2.45) is 5.73 Å². The number of halogens is 3. The van der Waals surface area contributed by atoms with Crippen LogP contribution in [0.25, 0.3) is 0 Å². The van der Waals surface area contributed by atoms with Gasteiger partial charge in [0, 0.05) is 29.3 Å². The van der Waals surface area contributed by atoms with Crippen LogP contribution in [0.1, 0.15) is 62.9 Å². The number of rotatable bonds is 7. The van der Waals surface area contributed by atoms with Gasteiger partial charge in [-0.15, -0.1) is 0 Å². The number of nitrogens with two attached hydrogens (primary N) is 1. The van der Waals surface area contributed by atoms with Gasteiger partial charge in [0.1, 0.15) is 22.8 Å². The van der Waals surface area contributed by atoms with Crippen LogP contribution in [0.5, 0.6) is 5.75 Å². The summed E-state index contributed by atoms with van der Waals surface area (Å²) >= 11 is 0. The highest BCUT2D eigenvalue weighted by molar-refractivity contribution is 6.64. The largest absolute Gasteiger partial charge is 0.496 e. The zero-order chi connectivity index (χ0) is 28.0. The maximum Gasteiger partial charge on any atom is 0.420 e. The quantitative estimate of drug-likeness (QED) is 0.283. The Morgan fingerprint density at radius 1 is 1.21 bits per heavy atom. The Balaban J connectivity index is 1.59. The van der Waals surface area contributed by atoms with Crippen molar-refractivity contribution in [2.75, 3.05) is 20.2 Å². The van der Waals surface area contributed by atoms with Gasteiger partial charge in [-0.2, -0.15) is 13.2 Å². The van der Waals surface area contributed by atoms with Crippen molar-refractivity contribution in [2.45, 2.75) is 31.4 Å². The first kappa shape index (κ1) is 27.9. The summed E-state index contributed by atoms with van der Waals surface area (Å²) < 4.78 is 46.6. The minimum absolute atomic E-state index is 0.139. The molecule has 7 nitrogen and oxygen atoms in total. The Hall–Kier alpha value is -4.17. The monoisotopic (exact) mass is 533 g/mol. The van der Waals surface area contributed by atoms with E-state index in [0.29, 0.717) is 17.2 Å². The van der Waals surface area contributed by atoms with E-state index in [1.807, 2.05) is 23.0 Å². The van der Waals surface area contributed by atoms with E-state index in [0.717, 1.165) is 49.4 Å². The van der Waals surface area contributed by atoms with E-state index in [4.69, 9.17) is 10.5 Å². The van der Waals surface area contributed by atoms with Crippen LogP contribution in [0.3, 0.4) is 0 Å². The third-order valence-electron chi connectivity index (χ3n) is 6.55. The van der Waals surface area contributed by atoms with Crippen LogP contribution in [-0.4, -0.2) is 54.5 Å². The van der Waals surface area contributed by atoms with Crippen molar-refractivity contribution < 1.29 is 27.5 Å². The highest BCUT2D eigenvalue weighted by Crippen LogP contribution is 2.33. The average Bonchev–Trinajstić information content (AvgIpc) is 2.92. The first-order valence-electron chi connectivity index (χ1n) is 12.2. The lowest BCUT2D eigenvalue weighted by molar-refractivity contribution is -0.138. The number of amides is 1. The molecule has 1 radical (unpaired) electrons. The van der Waals surface area contributed by atoms with Crippen molar-refractivity contribution in [1.82, 2.24) is 14.8 Å². The van der Waals surface area contributed by atoms with E-state index in [1.165, 1.54) is 19.2 Å². The van der Waals surface area contributed by atoms with Crippen LogP contribution in [-0.2, 0) is 17.4 Å². The average molecular weight is 533 g/mol. The van der Waals surface area contributed by atoms with Gasteiger partial charge >= 0.3 is 6.18 Å². The van der Waals surface area contributed by atoms with Gasteiger partial charge in [-0.1, -0.05) is 24.1 Å². The van der Waals surface area contributed by atoms with E-state index in [2.05, 4.69) is 21.8 Å². The SMILES string of the molecule is COc1cc(C2CCN([B]C=O)CC2)ccc1Cc1ncc(C(F)(F)F)c(C#Cc2cccc(C(N)=O)c2)n1. The molecule has 1 amide bonds. The lowest BCUT2D eigenvalue weighted by Gasteiger charge is -2.31. The number of benzene rings is 2. The van der Waals surface area contributed by atoms with E-state index < -0.39 is 23.3 Å². The number of hydrogen-bond donors (Lipinski definition) is 1. The van der Waals surface area contributed by atoms with Crippen molar-refractivity contribution in [3.05, 3.63) is 88.0 Å². The molecule has 1 aliphatic heterocycles. The van der Waals surface area contributed by atoms with Gasteiger partial charge in [0.2, 0.25) is 5.91 Å². The van der Waals surface area contributed by atoms with Crippen LogP contribution in [0.2, 0.25) is 0 Å². The lowest BCUT2D eigenvalue weighted by Crippen LogP contribution is -2.36. The molecular formula is C28H25BF3N4O3. The molecule has 4 rings (SSSR count). The molecule has 0 bridgehead atoms. The van der Waals surface area contributed by atoms with E-state index in [1.54, 1.807) is 19.5 Å². The zero-order valence-electron chi connectivity index (χ0n) is 21.2. The first-order valence-corrected chi connectivity index (χ1v) is 12.2. The minimum Gasteiger partial charge on any atom is -0.496 e. The molecule has 0 aliphatic carbocycles. The second kappa shape index (κ2) is 12.1. The topological polar surface area (TPSA) is 98.4 Å². The standard InChI is InChI=1S/C28H25BF3N4O3/c1-39-25-14-20(19-9-11-36(12-10-19)29-17-37)6-7-21(25)15-26-34-16-23(28(30,31)32)24(35-26)8-5-18-3-2-4-22(13-18)27(33)38/h2-4,6-7,13-14,16-17,19H,9-12,15H2,1H3,(H2,33,38). The number of piperidine rings is 1. The number of hydrogen-bond acceptors (Lipinski definition) is 6. The van der Waals surface area contributed by atoms with E-state index in [9.17, 15) is 22.8 Å². The molecule has 2 N–H and O–H groups in total. The Morgan fingerprint density at radius 2 is 1.97 bits per heavy atom. The molecule has 2 heterocycles. The fourth-order valence-electron chi connectivity index (χ4n) is 4.49. The number of alkyl halides is 3. The van der Waals surface area contributed by atoms with Crippen LogP contribution < -0.4 is 10.5 Å². The first-order chi connectivity index (χ1) is 18.7. The molecule has 2 aromatic carbocycles. The molecule has 1 saturated heterocycles. The van der Waals surface area contributed by atoms with Gasteiger partial charge < -0.3 is 20.1 Å². The smallest absolute Gasteiger partial charge is 0.420 e. The molecule has 0 saturated carbocycles. The van der Waals surface area contributed by atoms with Crippen LogP contribution in [0.15, 0.2) is 48.7 Å². The number of carbonyl (C=O) groups excluding carboxylic acids is 2. The molecule has 1 fully saturated rings. The second-order valence-corrected chi connectivity index (χ2v) is 9.08. The third kappa shape index (κ3) is 7.03. The fraction of sp³-hybridized carbons (Fsp3) is 0.286. The summed E-state index contributed by atoms with van der Waals surface area (Å²) in [7, 11) is 3.09. The number of aromatic nitrogens is 2. The highest BCUT2D eigenvalue weighted by atomic mass is 19.4. The van der Waals surface area contributed by atoms with Gasteiger partial charge in [0.05, 0.1) is 13.3 Å². The van der Waals surface area contributed by atoms with Crippen molar-refractivity contribution in [3.8, 4) is 17.6 Å². The molecule has 199 valence electrons. The predicted octanol–water partition coefficient (Wildman–Crippen LogP) is 3.58. The number of primary amides is 1. The zero-order valence-corrected chi connectivity index (χ0v) is 21.2. The maximum absolute atomic E-state index is 13.7. The molecule has 1 aromatic heterocycles. The Morgan fingerprint density at radius 3 is 2.64 bits per heavy atom. The van der Waals surface area contributed by atoms with Crippen LogP contribution >= 0.6 is 0 Å². The molecule has 3 aromatic rings. The fourth-order valence-corrected chi connectivity index (χ4v) is 4.49. The summed E-state index contributed by atoms with van der Waals surface area (Å²) in [4.78, 5) is 32.2. The second-order valence-electron chi connectivity index (χ2n) is 9.08. The summed E-state index contributed by atoms with van der Waals surface area (Å²) in [6, 6.07) is 11.8. The van der Waals surface area contributed by atoms with Crippen molar-refractivity contribution >= 4 is 19.5 Å². The summed E-state index contributed by atoms with van der Waals surface area (Å²) in [5.74, 6) is 5.52. The third-order valence-corrected chi connectivity index (χ3v) is 6.55. The van der Waals surface area contributed by atoms with E-state index in [-0.39, 0.29) is 17.8 Å². The molecule has 11 heteroatoms. The number of ether oxygens (including phenoxy) is 1. The van der Waals surface area contributed by atoms with E-state index >= 15 is 0 Å². The van der Waals surface area contributed by atoms with Crippen LogP contribution in [0, 0.1) is 11.8 Å². The number of methoxy groups -OCH3 is 1. The summed E-state index contributed by atoms with van der Waals surface area (Å²) in [6.45, 7) is 1.56. The minimum atomic E-state index is -4.70. The summed E-state index contributed by atoms with van der Waals surface area (Å²) in [5.41, 5.74) is 6.10. The van der Waals surface area contributed by atoms with Gasteiger partial charge in [0.15, 0.2) is 0 Å². The summed E-state index contributed by atoms with van der Waals surface area (Å²) in [6.07, 6.45) is -1.26. The Labute approximate surface area is 224 Å². The maximum atomic E-state index is 13.7. The van der Waals surface area contributed by atoms with Gasteiger partial charge in [0.25, 0.3) is 7.41 Å². The normalized spacial score (nSPS) is 14.3. The van der Waals surface area contributed by atoms with Crippen molar-refractivity contribution in [1.29, 1.82) is 0 Å². The molecule has 0 atom stereocenters.